The molecule has 2 N–H and O–H groups in total. The highest BCUT2D eigenvalue weighted by molar-refractivity contribution is 5.81. The SMILES string of the molecule is OC/C=C/c1ccc2[nH]ccc2c1. The van der Waals surface area contributed by atoms with Crippen molar-refractivity contribution in [3.05, 3.63) is 42.1 Å². The van der Waals surface area contributed by atoms with E-state index in [1.54, 1.807) is 6.08 Å². The van der Waals surface area contributed by atoms with Gasteiger partial charge in [0.05, 0.1) is 6.61 Å². The van der Waals surface area contributed by atoms with Crippen molar-refractivity contribution in [2.45, 2.75) is 0 Å². The molecule has 0 aliphatic carbocycles. The Balaban J connectivity index is 2.42. The van der Waals surface area contributed by atoms with Gasteiger partial charge in [0.2, 0.25) is 0 Å². The summed E-state index contributed by atoms with van der Waals surface area (Å²) < 4.78 is 0. The molecule has 0 fully saturated rings. The van der Waals surface area contributed by atoms with Crippen LogP contribution in [0.5, 0.6) is 0 Å². The Morgan fingerprint density at radius 2 is 2.23 bits per heavy atom. The molecule has 2 aromatic rings. The number of fused-ring (bicyclic) bond motifs is 1. The molecule has 0 aliphatic heterocycles. The minimum Gasteiger partial charge on any atom is -0.392 e. The lowest BCUT2D eigenvalue weighted by Crippen LogP contribution is -1.74. The smallest absolute Gasteiger partial charge is 0.0615 e. The average Bonchev–Trinajstić information content (AvgIpc) is 2.61. The van der Waals surface area contributed by atoms with E-state index in [1.165, 1.54) is 5.39 Å². The van der Waals surface area contributed by atoms with Crippen LogP contribution in [0.15, 0.2) is 36.5 Å². The standard InChI is InChI=1S/C11H11NO/c13-7-1-2-9-3-4-11-10(8-9)5-6-12-11/h1-6,8,12-13H,7H2/b2-1+. The molecule has 0 unspecified atom stereocenters. The quantitative estimate of drug-likeness (QED) is 0.717. The molecule has 2 nitrogen and oxygen atoms in total. The van der Waals surface area contributed by atoms with Crippen LogP contribution < -0.4 is 0 Å². The first kappa shape index (κ1) is 8.08. The fraction of sp³-hybridized carbons (Fsp3) is 0.0909. The molecule has 2 heteroatoms. The van der Waals surface area contributed by atoms with Crippen LogP contribution in [0, 0.1) is 0 Å². The molecule has 0 amide bonds. The number of aliphatic hydroxyl groups is 1. The summed E-state index contributed by atoms with van der Waals surface area (Å²) in [5, 5.41) is 9.80. The summed E-state index contributed by atoms with van der Waals surface area (Å²) in [4.78, 5) is 3.13. The van der Waals surface area contributed by atoms with Gasteiger partial charge in [0.15, 0.2) is 0 Å². The lowest BCUT2D eigenvalue weighted by molar-refractivity contribution is 0.343. The van der Waals surface area contributed by atoms with Crippen molar-refractivity contribution in [2.24, 2.45) is 0 Å². The molecule has 1 heterocycles. The van der Waals surface area contributed by atoms with Crippen molar-refractivity contribution in [1.82, 2.24) is 4.98 Å². The van der Waals surface area contributed by atoms with Crippen LogP contribution in [0.1, 0.15) is 5.56 Å². The summed E-state index contributed by atoms with van der Waals surface area (Å²) in [5.74, 6) is 0. The molecule has 13 heavy (non-hydrogen) atoms. The fourth-order valence-corrected chi connectivity index (χ4v) is 1.36. The second kappa shape index (κ2) is 3.46. The molecule has 2 rings (SSSR count). The van der Waals surface area contributed by atoms with Crippen LogP contribution in [0.3, 0.4) is 0 Å². The average molecular weight is 173 g/mol. The summed E-state index contributed by atoms with van der Waals surface area (Å²) in [7, 11) is 0. The van der Waals surface area contributed by atoms with Crippen molar-refractivity contribution >= 4 is 17.0 Å². The van der Waals surface area contributed by atoms with Crippen molar-refractivity contribution in [3.63, 3.8) is 0 Å². The van der Waals surface area contributed by atoms with Crippen molar-refractivity contribution in [3.8, 4) is 0 Å². The minimum atomic E-state index is 0.0885. The van der Waals surface area contributed by atoms with Crippen LogP contribution in [0.4, 0.5) is 0 Å². The highest BCUT2D eigenvalue weighted by Crippen LogP contribution is 2.14. The number of aromatic nitrogens is 1. The summed E-state index contributed by atoms with van der Waals surface area (Å²) in [5.41, 5.74) is 2.25. The van der Waals surface area contributed by atoms with Crippen molar-refractivity contribution in [1.29, 1.82) is 0 Å². The highest BCUT2D eigenvalue weighted by atomic mass is 16.2. The van der Waals surface area contributed by atoms with Crippen LogP contribution in [0.2, 0.25) is 0 Å². The van der Waals surface area contributed by atoms with Gasteiger partial charge in [-0.25, -0.2) is 0 Å². The van der Waals surface area contributed by atoms with Crippen molar-refractivity contribution < 1.29 is 5.11 Å². The summed E-state index contributed by atoms with van der Waals surface area (Å²) >= 11 is 0. The van der Waals surface area contributed by atoms with Gasteiger partial charge in [-0.3, -0.25) is 0 Å². The summed E-state index contributed by atoms with van der Waals surface area (Å²) in [6.45, 7) is 0.0885. The Kier molecular flexibility index (Phi) is 2.15. The van der Waals surface area contributed by atoms with Crippen LogP contribution in [-0.2, 0) is 0 Å². The van der Waals surface area contributed by atoms with E-state index in [0.29, 0.717) is 0 Å². The highest BCUT2D eigenvalue weighted by Gasteiger charge is 1.93. The number of hydrogen-bond donors (Lipinski definition) is 2. The van der Waals surface area contributed by atoms with E-state index in [4.69, 9.17) is 5.11 Å². The Bertz CT molecular complexity index is 428. The zero-order chi connectivity index (χ0) is 9.10. The first-order valence-electron chi connectivity index (χ1n) is 4.25. The maximum absolute atomic E-state index is 8.61. The van der Waals surface area contributed by atoms with E-state index >= 15 is 0 Å². The summed E-state index contributed by atoms with van der Waals surface area (Å²) in [6.07, 6.45) is 5.56. The third-order valence-electron chi connectivity index (χ3n) is 1.99. The maximum atomic E-state index is 8.61. The first-order chi connectivity index (χ1) is 6.40. The normalized spacial score (nSPS) is 11.5. The van der Waals surface area contributed by atoms with Gasteiger partial charge in [0.1, 0.15) is 0 Å². The van der Waals surface area contributed by atoms with Gasteiger partial charge in [-0.2, -0.15) is 0 Å². The second-order valence-electron chi connectivity index (χ2n) is 2.91. The Labute approximate surface area is 76.5 Å². The van der Waals surface area contributed by atoms with E-state index in [0.717, 1.165) is 11.1 Å². The van der Waals surface area contributed by atoms with E-state index in [1.807, 2.05) is 30.5 Å². The van der Waals surface area contributed by atoms with E-state index in [-0.39, 0.29) is 6.61 Å². The molecule has 0 saturated carbocycles. The zero-order valence-corrected chi connectivity index (χ0v) is 7.20. The molecular formula is C11H11NO. The van der Waals surface area contributed by atoms with Gasteiger partial charge < -0.3 is 10.1 Å². The molecular weight excluding hydrogens is 162 g/mol. The number of rotatable bonds is 2. The van der Waals surface area contributed by atoms with Gasteiger partial charge in [-0.1, -0.05) is 18.2 Å². The maximum Gasteiger partial charge on any atom is 0.0615 e. The van der Waals surface area contributed by atoms with E-state index in [9.17, 15) is 0 Å². The third-order valence-corrected chi connectivity index (χ3v) is 1.99. The largest absolute Gasteiger partial charge is 0.392 e. The molecule has 0 bridgehead atoms. The lowest BCUT2D eigenvalue weighted by atomic mass is 10.1. The van der Waals surface area contributed by atoms with Crippen LogP contribution >= 0.6 is 0 Å². The molecule has 1 aromatic carbocycles. The second-order valence-corrected chi connectivity index (χ2v) is 2.91. The van der Waals surface area contributed by atoms with Crippen molar-refractivity contribution in [2.75, 3.05) is 6.61 Å². The topological polar surface area (TPSA) is 36.0 Å². The van der Waals surface area contributed by atoms with Gasteiger partial charge in [0.25, 0.3) is 0 Å². The van der Waals surface area contributed by atoms with E-state index < -0.39 is 0 Å². The van der Waals surface area contributed by atoms with Gasteiger partial charge >= 0.3 is 0 Å². The fourth-order valence-electron chi connectivity index (χ4n) is 1.36. The first-order valence-corrected chi connectivity index (χ1v) is 4.25. The van der Waals surface area contributed by atoms with Gasteiger partial charge in [-0.05, 0) is 29.1 Å². The predicted octanol–water partition coefficient (Wildman–Crippen LogP) is 2.17. The Hall–Kier alpha value is -1.54. The Morgan fingerprint density at radius 1 is 1.31 bits per heavy atom. The molecule has 1 aromatic heterocycles. The Morgan fingerprint density at radius 3 is 3.08 bits per heavy atom. The van der Waals surface area contributed by atoms with Crippen LogP contribution in [0.25, 0.3) is 17.0 Å². The van der Waals surface area contributed by atoms with Gasteiger partial charge in [0, 0.05) is 11.7 Å². The summed E-state index contributed by atoms with van der Waals surface area (Å²) in [6, 6.07) is 8.17. The zero-order valence-electron chi connectivity index (χ0n) is 7.20. The van der Waals surface area contributed by atoms with Crippen LogP contribution in [-0.4, -0.2) is 16.7 Å². The molecule has 0 atom stereocenters. The number of aliphatic hydroxyl groups excluding tert-OH is 1. The number of hydrogen-bond acceptors (Lipinski definition) is 1. The lowest BCUT2D eigenvalue weighted by Gasteiger charge is -1.93. The number of nitrogens with one attached hydrogen (secondary N) is 1. The molecule has 0 spiro atoms. The molecule has 0 radical (unpaired) electrons. The molecule has 66 valence electrons. The number of benzene rings is 1. The number of aromatic amines is 1. The molecule has 0 aliphatic rings. The van der Waals surface area contributed by atoms with E-state index in [2.05, 4.69) is 11.1 Å². The number of H-pyrrole nitrogens is 1. The van der Waals surface area contributed by atoms with Gasteiger partial charge in [-0.15, -0.1) is 0 Å². The molecule has 0 saturated heterocycles. The third kappa shape index (κ3) is 1.63. The minimum absolute atomic E-state index is 0.0885. The predicted molar refractivity (Wildman–Crippen MR) is 54.4 cm³/mol. The monoisotopic (exact) mass is 173 g/mol.